The van der Waals surface area contributed by atoms with Crippen LogP contribution in [0.25, 0.3) is 0 Å². The molecular formula is C14H30N2O7. The first-order valence-corrected chi connectivity index (χ1v) is 7.52. The Morgan fingerprint density at radius 2 is 1.57 bits per heavy atom. The van der Waals surface area contributed by atoms with Gasteiger partial charge >= 0.3 is 0 Å². The van der Waals surface area contributed by atoms with Crippen molar-refractivity contribution in [1.82, 2.24) is 5.32 Å². The van der Waals surface area contributed by atoms with Crippen LogP contribution in [0.15, 0.2) is 0 Å². The van der Waals surface area contributed by atoms with Crippen molar-refractivity contribution in [2.45, 2.75) is 19.5 Å². The predicted octanol–water partition coefficient (Wildman–Crippen LogP) is -0.907. The molecule has 0 saturated heterocycles. The first-order chi connectivity index (χ1) is 11.1. The molecule has 0 fully saturated rings. The van der Waals surface area contributed by atoms with E-state index >= 15 is 0 Å². The maximum atomic E-state index is 11.0. The zero-order valence-electron chi connectivity index (χ0n) is 14.2. The largest absolute Gasteiger partial charge is 0.378 e. The van der Waals surface area contributed by atoms with Gasteiger partial charge in [0, 0.05) is 27.7 Å². The first-order valence-electron chi connectivity index (χ1n) is 7.52. The van der Waals surface area contributed by atoms with Crippen LogP contribution in [0.2, 0.25) is 0 Å². The average molecular weight is 338 g/mol. The normalized spacial score (nSPS) is 12.6. The van der Waals surface area contributed by atoms with E-state index in [-0.39, 0.29) is 12.5 Å². The monoisotopic (exact) mass is 338 g/mol. The van der Waals surface area contributed by atoms with Gasteiger partial charge in [-0.1, -0.05) is 0 Å². The highest BCUT2D eigenvalue weighted by Crippen LogP contribution is 1.96. The van der Waals surface area contributed by atoms with E-state index < -0.39 is 12.6 Å². The number of rotatable bonds is 16. The molecule has 0 bridgehead atoms. The summed E-state index contributed by atoms with van der Waals surface area (Å²) in [4.78, 5) is 11.0. The zero-order chi connectivity index (χ0) is 17.3. The Labute approximate surface area is 137 Å². The zero-order valence-corrected chi connectivity index (χ0v) is 14.2. The summed E-state index contributed by atoms with van der Waals surface area (Å²) in [5, 5.41) is 2.64. The summed E-state index contributed by atoms with van der Waals surface area (Å²) in [5.74, 6) is -0.152. The number of hydrogen-bond acceptors (Lipinski definition) is 8. The molecule has 9 heteroatoms. The summed E-state index contributed by atoms with van der Waals surface area (Å²) in [6.07, 6.45) is -0.967. The Kier molecular flexibility index (Phi) is 15.5. The summed E-state index contributed by atoms with van der Waals surface area (Å²) >= 11 is 0. The second-order valence-corrected chi connectivity index (χ2v) is 4.49. The molecular weight excluding hydrogens is 308 g/mol. The van der Waals surface area contributed by atoms with Crippen LogP contribution in [0.1, 0.15) is 6.92 Å². The van der Waals surface area contributed by atoms with Gasteiger partial charge in [-0.3, -0.25) is 4.79 Å². The Bertz CT molecular complexity index is 278. The standard InChI is InChI=1S/C14H30N2O7/c1-12(17)16-10-13(22-8-6-20-5-4-15)23-9-7-21-11-14(18-2)19-3/h13-14H,4-11,15H2,1-3H3,(H,16,17). The van der Waals surface area contributed by atoms with Crippen LogP contribution >= 0.6 is 0 Å². The van der Waals surface area contributed by atoms with Gasteiger partial charge in [0.05, 0.1) is 46.2 Å². The van der Waals surface area contributed by atoms with Crippen molar-refractivity contribution in [2.24, 2.45) is 5.73 Å². The molecule has 0 saturated carbocycles. The van der Waals surface area contributed by atoms with Gasteiger partial charge in [-0.2, -0.15) is 0 Å². The third-order valence-corrected chi connectivity index (χ3v) is 2.62. The molecule has 138 valence electrons. The van der Waals surface area contributed by atoms with Crippen LogP contribution in [-0.4, -0.2) is 85.4 Å². The summed E-state index contributed by atoms with van der Waals surface area (Å²) in [6.45, 7) is 4.37. The molecule has 0 radical (unpaired) electrons. The minimum Gasteiger partial charge on any atom is -0.378 e. The number of ether oxygens (including phenoxy) is 6. The highest BCUT2D eigenvalue weighted by atomic mass is 16.7. The molecule has 0 heterocycles. The fourth-order valence-electron chi connectivity index (χ4n) is 1.47. The van der Waals surface area contributed by atoms with Crippen LogP contribution in [0, 0.1) is 0 Å². The quantitative estimate of drug-likeness (QED) is 0.275. The Hall–Kier alpha value is -0.810. The van der Waals surface area contributed by atoms with Gasteiger partial charge in [0.25, 0.3) is 0 Å². The van der Waals surface area contributed by atoms with Crippen LogP contribution in [0.5, 0.6) is 0 Å². The molecule has 9 nitrogen and oxygen atoms in total. The summed E-state index contributed by atoms with van der Waals surface area (Å²) < 4.78 is 31.6. The van der Waals surface area contributed by atoms with E-state index in [2.05, 4.69) is 5.32 Å². The number of carbonyl (C=O) groups is 1. The van der Waals surface area contributed by atoms with E-state index in [1.54, 1.807) is 0 Å². The Morgan fingerprint density at radius 3 is 2.09 bits per heavy atom. The molecule has 1 unspecified atom stereocenters. The maximum absolute atomic E-state index is 11.0. The van der Waals surface area contributed by atoms with E-state index in [1.807, 2.05) is 0 Å². The Morgan fingerprint density at radius 1 is 0.957 bits per heavy atom. The van der Waals surface area contributed by atoms with Gasteiger partial charge in [-0.15, -0.1) is 0 Å². The van der Waals surface area contributed by atoms with Crippen molar-refractivity contribution < 1.29 is 33.2 Å². The van der Waals surface area contributed by atoms with Gasteiger partial charge in [0.1, 0.15) is 0 Å². The topological polar surface area (TPSA) is 110 Å². The second-order valence-electron chi connectivity index (χ2n) is 4.49. The lowest BCUT2D eigenvalue weighted by atomic mass is 10.5. The summed E-state index contributed by atoms with van der Waals surface area (Å²) in [5.41, 5.74) is 5.32. The van der Waals surface area contributed by atoms with Gasteiger partial charge in [0.15, 0.2) is 12.6 Å². The molecule has 1 atom stereocenters. The molecule has 0 aliphatic rings. The summed E-state index contributed by atoms with van der Waals surface area (Å²) in [6, 6.07) is 0. The van der Waals surface area contributed by atoms with E-state index in [9.17, 15) is 4.79 Å². The van der Waals surface area contributed by atoms with Gasteiger partial charge < -0.3 is 39.5 Å². The number of methoxy groups -OCH3 is 2. The van der Waals surface area contributed by atoms with Crippen molar-refractivity contribution in [3.8, 4) is 0 Å². The predicted molar refractivity (Wildman–Crippen MR) is 82.9 cm³/mol. The summed E-state index contributed by atoms with van der Waals surface area (Å²) in [7, 11) is 3.08. The van der Waals surface area contributed by atoms with Crippen molar-refractivity contribution in [1.29, 1.82) is 0 Å². The molecule has 0 aromatic heterocycles. The highest BCUT2D eigenvalue weighted by molar-refractivity contribution is 5.72. The molecule has 0 rings (SSSR count). The number of nitrogens with one attached hydrogen (secondary N) is 1. The third kappa shape index (κ3) is 14.5. The molecule has 0 aliphatic heterocycles. The highest BCUT2D eigenvalue weighted by Gasteiger charge is 2.11. The number of amides is 1. The SMILES string of the molecule is COC(COCCOC(CNC(C)=O)OCCOCCN)OC. The van der Waals surface area contributed by atoms with Gasteiger partial charge in [-0.05, 0) is 0 Å². The minimum atomic E-state index is -0.565. The van der Waals surface area contributed by atoms with E-state index in [0.29, 0.717) is 46.2 Å². The lowest BCUT2D eigenvalue weighted by Crippen LogP contribution is -2.35. The maximum Gasteiger partial charge on any atom is 0.217 e. The third-order valence-electron chi connectivity index (χ3n) is 2.62. The van der Waals surface area contributed by atoms with Crippen LogP contribution < -0.4 is 11.1 Å². The van der Waals surface area contributed by atoms with Crippen LogP contribution in [0.3, 0.4) is 0 Å². The van der Waals surface area contributed by atoms with Gasteiger partial charge in [-0.25, -0.2) is 0 Å². The second kappa shape index (κ2) is 16.1. The molecule has 0 spiro atoms. The fraction of sp³-hybridized carbons (Fsp3) is 0.929. The number of carbonyl (C=O) groups excluding carboxylic acids is 1. The van der Waals surface area contributed by atoms with Crippen LogP contribution in [0.4, 0.5) is 0 Å². The molecule has 0 aromatic rings. The molecule has 23 heavy (non-hydrogen) atoms. The molecule has 0 aliphatic carbocycles. The average Bonchev–Trinajstić information content (AvgIpc) is 2.54. The van der Waals surface area contributed by atoms with E-state index in [0.717, 1.165) is 0 Å². The van der Waals surface area contributed by atoms with Crippen molar-refractivity contribution >= 4 is 5.91 Å². The molecule has 0 aromatic carbocycles. The van der Waals surface area contributed by atoms with E-state index in [1.165, 1.54) is 21.1 Å². The lowest BCUT2D eigenvalue weighted by Gasteiger charge is -2.19. The number of nitrogens with two attached hydrogens (primary N) is 1. The van der Waals surface area contributed by atoms with Crippen LogP contribution in [-0.2, 0) is 33.2 Å². The van der Waals surface area contributed by atoms with Crippen molar-refractivity contribution in [2.75, 3.05) is 67.0 Å². The molecule has 1 amide bonds. The van der Waals surface area contributed by atoms with Crippen molar-refractivity contribution in [3.05, 3.63) is 0 Å². The lowest BCUT2D eigenvalue weighted by molar-refractivity contribution is -0.169. The molecule has 3 N–H and O–H groups in total. The smallest absolute Gasteiger partial charge is 0.217 e. The Balaban J connectivity index is 3.84. The van der Waals surface area contributed by atoms with E-state index in [4.69, 9.17) is 34.2 Å². The van der Waals surface area contributed by atoms with Crippen molar-refractivity contribution in [3.63, 3.8) is 0 Å². The first kappa shape index (κ1) is 22.2. The fourth-order valence-corrected chi connectivity index (χ4v) is 1.47. The van der Waals surface area contributed by atoms with Gasteiger partial charge in [0.2, 0.25) is 5.91 Å². The minimum absolute atomic E-state index is 0.152. The number of hydrogen-bond donors (Lipinski definition) is 2.